The maximum absolute atomic E-state index is 12.4. The van der Waals surface area contributed by atoms with Crippen LogP contribution in [0.5, 0.6) is 5.75 Å². The maximum atomic E-state index is 12.4. The predicted molar refractivity (Wildman–Crippen MR) is 92.9 cm³/mol. The van der Waals surface area contributed by atoms with E-state index in [9.17, 15) is 14.9 Å². The molecule has 3 aromatic rings. The quantitative estimate of drug-likeness (QED) is 0.562. The highest BCUT2D eigenvalue weighted by atomic mass is 16.6. The molecule has 128 valence electrons. The third kappa shape index (κ3) is 3.45. The number of non-ortho nitro benzene ring substituents is 1. The number of carbonyl (C=O) groups excluding carboxylic acids is 1. The SMILES string of the molecule is COc1ccc([N+](=O)[O-])cc1NC(=O)Cc1coc2cc(C)ccc12. The Kier molecular flexibility index (Phi) is 4.38. The highest BCUT2D eigenvalue weighted by Gasteiger charge is 2.15. The van der Waals surface area contributed by atoms with Crippen molar-refractivity contribution in [3.05, 3.63) is 63.9 Å². The third-order valence-corrected chi connectivity index (χ3v) is 3.83. The third-order valence-electron chi connectivity index (χ3n) is 3.83. The van der Waals surface area contributed by atoms with Gasteiger partial charge in [-0.25, -0.2) is 0 Å². The maximum Gasteiger partial charge on any atom is 0.271 e. The van der Waals surface area contributed by atoms with Crippen molar-refractivity contribution in [2.75, 3.05) is 12.4 Å². The molecule has 0 fully saturated rings. The van der Waals surface area contributed by atoms with E-state index in [1.807, 2.05) is 25.1 Å². The van der Waals surface area contributed by atoms with Gasteiger partial charge in [0.05, 0.1) is 30.4 Å². The van der Waals surface area contributed by atoms with Gasteiger partial charge in [-0.2, -0.15) is 0 Å². The van der Waals surface area contributed by atoms with Crippen molar-refractivity contribution in [2.45, 2.75) is 13.3 Å². The average Bonchev–Trinajstić information content (AvgIpc) is 2.96. The fraction of sp³-hybridized carbons (Fsp3) is 0.167. The van der Waals surface area contributed by atoms with Crippen LogP contribution in [0.1, 0.15) is 11.1 Å². The van der Waals surface area contributed by atoms with Gasteiger partial charge in [-0.05, 0) is 24.6 Å². The molecular weight excluding hydrogens is 324 g/mol. The summed E-state index contributed by atoms with van der Waals surface area (Å²) in [5, 5.41) is 14.4. The zero-order valence-corrected chi connectivity index (χ0v) is 13.7. The van der Waals surface area contributed by atoms with Gasteiger partial charge in [0.2, 0.25) is 5.91 Å². The van der Waals surface area contributed by atoms with Crippen molar-refractivity contribution in [3.8, 4) is 5.75 Å². The molecule has 0 aliphatic rings. The van der Waals surface area contributed by atoms with Crippen LogP contribution in [0, 0.1) is 17.0 Å². The fourth-order valence-electron chi connectivity index (χ4n) is 2.60. The minimum atomic E-state index is -0.527. The van der Waals surface area contributed by atoms with Gasteiger partial charge < -0.3 is 14.5 Å². The van der Waals surface area contributed by atoms with Crippen LogP contribution >= 0.6 is 0 Å². The van der Waals surface area contributed by atoms with Gasteiger partial charge in [0.25, 0.3) is 5.69 Å². The number of aryl methyl sites for hydroxylation is 1. The van der Waals surface area contributed by atoms with E-state index >= 15 is 0 Å². The van der Waals surface area contributed by atoms with Crippen LogP contribution in [0.25, 0.3) is 11.0 Å². The molecule has 0 saturated carbocycles. The van der Waals surface area contributed by atoms with Crippen molar-refractivity contribution in [1.29, 1.82) is 0 Å². The zero-order chi connectivity index (χ0) is 18.0. The van der Waals surface area contributed by atoms with Gasteiger partial charge in [-0.15, -0.1) is 0 Å². The van der Waals surface area contributed by atoms with Crippen LogP contribution in [0.15, 0.2) is 47.1 Å². The monoisotopic (exact) mass is 340 g/mol. The smallest absolute Gasteiger partial charge is 0.271 e. The number of nitrogens with zero attached hydrogens (tertiary/aromatic N) is 1. The number of anilines is 1. The fourth-order valence-corrected chi connectivity index (χ4v) is 2.60. The van der Waals surface area contributed by atoms with E-state index in [4.69, 9.17) is 9.15 Å². The van der Waals surface area contributed by atoms with Crippen LogP contribution < -0.4 is 10.1 Å². The number of nitro benzene ring substituents is 1. The molecule has 1 heterocycles. The summed E-state index contributed by atoms with van der Waals surface area (Å²) in [6, 6.07) is 9.80. The van der Waals surface area contributed by atoms with E-state index in [2.05, 4.69) is 5.32 Å². The lowest BCUT2D eigenvalue weighted by atomic mass is 10.1. The van der Waals surface area contributed by atoms with Crippen molar-refractivity contribution in [1.82, 2.24) is 0 Å². The molecular formula is C18H16N2O5. The highest BCUT2D eigenvalue weighted by Crippen LogP contribution is 2.29. The van der Waals surface area contributed by atoms with Gasteiger partial charge >= 0.3 is 0 Å². The normalized spacial score (nSPS) is 10.6. The Balaban J connectivity index is 1.82. The molecule has 0 spiro atoms. The summed E-state index contributed by atoms with van der Waals surface area (Å²) >= 11 is 0. The first kappa shape index (κ1) is 16.5. The molecule has 25 heavy (non-hydrogen) atoms. The number of fused-ring (bicyclic) bond motifs is 1. The average molecular weight is 340 g/mol. The van der Waals surface area contributed by atoms with Crippen LogP contribution in [-0.4, -0.2) is 17.9 Å². The summed E-state index contributed by atoms with van der Waals surface area (Å²) in [5.74, 6) is 0.0358. The standard InChI is InChI=1S/C18H16N2O5/c1-11-3-5-14-12(10-25-17(14)7-11)8-18(21)19-15-9-13(20(22)23)4-6-16(15)24-2/h3-7,9-10H,8H2,1-2H3,(H,19,21). The van der Waals surface area contributed by atoms with Crippen molar-refractivity contribution in [2.24, 2.45) is 0 Å². The summed E-state index contributed by atoms with van der Waals surface area (Å²) < 4.78 is 10.6. The number of hydrogen-bond acceptors (Lipinski definition) is 5. The summed E-state index contributed by atoms with van der Waals surface area (Å²) in [5.41, 5.74) is 2.66. The molecule has 0 unspecified atom stereocenters. The minimum Gasteiger partial charge on any atom is -0.495 e. The van der Waals surface area contributed by atoms with E-state index in [0.29, 0.717) is 5.75 Å². The van der Waals surface area contributed by atoms with E-state index < -0.39 is 4.92 Å². The van der Waals surface area contributed by atoms with E-state index in [1.54, 1.807) is 6.26 Å². The van der Waals surface area contributed by atoms with Gasteiger partial charge in [0.1, 0.15) is 11.3 Å². The molecule has 1 aromatic heterocycles. The molecule has 0 radical (unpaired) electrons. The number of ether oxygens (including phenoxy) is 1. The number of carbonyl (C=O) groups is 1. The summed E-state index contributed by atoms with van der Waals surface area (Å²) in [4.78, 5) is 22.7. The predicted octanol–water partition coefficient (Wildman–Crippen LogP) is 3.84. The molecule has 1 amide bonds. The lowest BCUT2D eigenvalue weighted by molar-refractivity contribution is -0.384. The van der Waals surface area contributed by atoms with Crippen LogP contribution in [-0.2, 0) is 11.2 Å². The Labute approximate surface area is 143 Å². The molecule has 3 rings (SSSR count). The second-order valence-corrected chi connectivity index (χ2v) is 5.63. The Morgan fingerprint density at radius 1 is 1.28 bits per heavy atom. The number of benzene rings is 2. The second kappa shape index (κ2) is 6.64. The second-order valence-electron chi connectivity index (χ2n) is 5.63. The first-order valence-electron chi connectivity index (χ1n) is 7.57. The van der Waals surface area contributed by atoms with E-state index in [1.165, 1.54) is 25.3 Å². The van der Waals surface area contributed by atoms with Crippen molar-refractivity contribution >= 4 is 28.3 Å². The Morgan fingerprint density at radius 3 is 2.80 bits per heavy atom. The Hall–Kier alpha value is -3.35. The molecule has 0 aliphatic heterocycles. The summed E-state index contributed by atoms with van der Waals surface area (Å²) in [6.45, 7) is 1.96. The summed E-state index contributed by atoms with van der Waals surface area (Å²) in [6.07, 6.45) is 1.64. The molecule has 7 heteroatoms. The number of nitro groups is 1. The molecule has 1 N–H and O–H groups in total. The topological polar surface area (TPSA) is 94.6 Å². The molecule has 2 aromatic carbocycles. The molecule has 0 atom stereocenters. The molecule has 7 nitrogen and oxygen atoms in total. The number of hydrogen-bond donors (Lipinski definition) is 1. The minimum absolute atomic E-state index is 0.0852. The van der Waals surface area contributed by atoms with E-state index in [0.717, 1.165) is 22.1 Å². The van der Waals surface area contributed by atoms with Crippen molar-refractivity contribution < 1.29 is 18.9 Å². The first-order valence-corrected chi connectivity index (χ1v) is 7.57. The number of methoxy groups -OCH3 is 1. The highest BCUT2D eigenvalue weighted by molar-refractivity contribution is 5.96. The number of amides is 1. The largest absolute Gasteiger partial charge is 0.495 e. The molecule has 0 aliphatic carbocycles. The van der Waals surface area contributed by atoms with Crippen LogP contribution in [0.2, 0.25) is 0 Å². The van der Waals surface area contributed by atoms with Gasteiger partial charge in [-0.1, -0.05) is 12.1 Å². The summed E-state index contributed by atoms with van der Waals surface area (Å²) in [7, 11) is 1.43. The molecule has 0 bridgehead atoms. The van der Waals surface area contributed by atoms with Crippen LogP contribution in [0.3, 0.4) is 0 Å². The van der Waals surface area contributed by atoms with E-state index in [-0.39, 0.29) is 23.7 Å². The number of furan rings is 1. The number of nitrogens with one attached hydrogen (secondary N) is 1. The Morgan fingerprint density at radius 2 is 2.08 bits per heavy atom. The zero-order valence-electron chi connectivity index (χ0n) is 13.7. The Bertz CT molecular complexity index is 961. The lowest BCUT2D eigenvalue weighted by Gasteiger charge is -2.09. The van der Waals surface area contributed by atoms with Crippen molar-refractivity contribution in [3.63, 3.8) is 0 Å². The van der Waals surface area contributed by atoms with Gasteiger partial charge in [0, 0.05) is 23.1 Å². The first-order chi connectivity index (χ1) is 12.0. The van der Waals surface area contributed by atoms with Gasteiger partial charge in [-0.3, -0.25) is 14.9 Å². The molecule has 0 saturated heterocycles. The van der Waals surface area contributed by atoms with Gasteiger partial charge in [0.15, 0.2) is 0 Å². The van der Waals surface area contributed by atoms with Crippen LogP contribution in [0.4, 0.5) is 11.4 Å². The lowest BCUT2D eigenvalue weighted by Crippen LogP contribution is -2.15. The number of rotatable bonds is 5.